The Balaban J connectivity index is 1.58. The van der Waals surface area contributed by atoms with Crippen LogP contribution >= 0.6 is 11.3 Å². The van der Waals surface area contributed by atoms with E-state index in [9.17, 15) is 9.90 Å². The number of hydrogen-bond acceptors (Lipinski definition) is 6. The molecule has 6 nitrogen and oxygen atoms in total. The number of nitrogens with one attached hydrogen (secondary N) is 1. The maximum atomic E-state index is 12.1. The molecule has 0 bridgehead atoms. The Morgan fingerprint density at radius 3 is 2.67 bits per heavy atom. The molecule has 1 aromatic heterocycles. The zero-order valence-corrected chi connectivity index (χ0v) is 16.7. The first-order valence-corrected chi connectivity index (χ1v) is 10.1. The van der Waals surface area contributed by atoms with E-state index < -0.39 is 5.54 Å². The summed E-state index contributed by atoms with van der Waals surface area (Å²) in [4.78, 5) is 19.1. The second kappa shape index (κ2) is 8.93. The van der Waals surface area contributed by atoms with Crippen LogP contribution in [0.3, 0.4) is 0 Å². The summed E-state index contributed by atoms with van der Waals surface area (Å²) >= 11 is 1.54. The van der Waals surface area contributed by atoms with Gasteiger partial charge in [-0.25, -0.2) is 4.98 Å². The Labute approximate surface area is 164 Å². The van der Waals surface area contributed by atoms with Gasteiger partial charge in [-0.1, -0.05) is 24.3 Å². The van der Waals surface area contributed by atoms with Crippen LogP contribution in [0.15, 0.2) is 29.6 Å². The van der Waals surface area contributed by atoms with Gasteiger partial charge in [0, 0.05) is 30.6 Å². The molecule has 1 aliphatic heterocycles. The van der Waals surface area contributed by atoms with Crippen LogP contribution in [0.5, 0.6) is 0 Å². The molecule has 3 rings (SSSR count). The average molecular weight is 390 g/mol. The smallest absolute Gasteiger partial charge is 0.226 e. The number of hydrogen-bond donors (Lipinski definition) is 2. The lowest BCUT2D eigenvalue weighted by molar-refractivity contribution is -0.122. The van der Waals surface area contributed by atoms with E-state index in [1.54, 1.807) is 25.2 Å². The van der Waals surface area contributed by atoms with Gasteiger partial charge in [0.15, 0.2) is 0 Å². The lowest BCUT2D eigenvalue weighted by Crippen LogP contribution is -2.46. The zero-order valence-electron chi connectivity index (χ0n) is 15.9. The number of nitrogens with zero attached hydrogens (tertiary/aromatic N) is 2. The molecule has 0 aliphatic carbocycles. The number of benzene rings is 1. The van der Waals surface area contributed by atoms with Crippen molar-refractivity contribution in [2.24, 2.45) is 0 Å². The third kappa shape index (κ3) is 5.84. The van der Waals surface area contributed by atoms with Gasteiger partial charge in [-0.05, 0) is 19.4 Å². The highest BCUT2D eigenvalue weighted by Crippen LogP contribution is 2.24. The van der Waals surface area contributed by atoms with Crippen LogP contribution in [0.1, 0.15) is 25.1 Å². The van der Waals surface area contributed by atoms with Crippen molar-refractivity contribution >= 4 is 17.2 Å². The predicted octanol–water partition coefficient (Wildman–Crippen LogP) is 2.07. The molecule has 2 N–H and O–H groups in total. The van der Waals surface area contributed by atoms with Crippen molar-refractivity contribution in [3.8, 4) is 10.6 Å². The molecule has 0 spiro atoms. The number of morpholine rings is 1. The van der Waals surface area contributed by atoms with E-state index in [1.165, 1.54) is 5.56 Å². The van der Waals surface area contributed by atoms with Gasteiger partial charge in [0.25, 0.3) is 0 Å². The van der Waals surface area contributed by atoms with Crippen LogP contribution in [-0.4, -0.2) is 59.3 Å². The summed E-state index contributed by atoms with van der Waals surface area (Å²) in [5, 5.41) is 14.9. The maximum absolute atomic E-state index is 12.1. The first-order valence-electron chi connectivity index (χ1n) is 9.21. The van der Waals surface area contributed by atoms with Gasteiger partial charge in [-0.2, -0.15) is 0 Å². The summed E-state index contributed by atoms with van der Waals surface area (Å²) in [6, 6.07) is 8.46. The number of carbonyl (C=O) groups is 1. The number of aliphatic hydroxyl groups excluding tert-OH is 1. The van der Waals surface area contributed by atoms with Gasteiger partial charge in [-0.3, -0.25) is 9.69 Å². The second-order valence-electron chi connectivity index (χ2n) is 7.50. The summed E-state index contributed by atoms with van der Waals surface area (Å²) in [5.74, 6) is -0.133. The van der Waals surface area contributed by atoms with Crippen LogP contribution in [0.4, 0.5) is 0 Å². The highest BCUT2D eigenvalue weighted by Gasteiger charge is 2.20. The summed E-state index contributed by atoms with van der Waals surface area (Å²) in [7, 11) is 0. The number of ether oxygens (including phenoxy) is 1. The van der Waals surface area contributed by atoms with E-state index in [4.69, 9.17) is 4.74 Å². The van der Waals surface area contributed by atoms with E-state index in [-0.39, 0.29) is 18.9 Å². The summed E-state index contributed by atoms with van der Waals surface area (Å²) in [6.07, 6.45) is 0.217. The number of thiazole rings is 1. The topological polar surface area (TPSA) is 74.7 Å². The van der Waals surface area contributed by atoms with Crippen LogP contribution in [0.25, 0.3) is 10.6 Å². The van der Waals surface area contributed by atoms with Gasteiger partial charge in [0.05, 0.1) is 37.5 Å². The minimum Gasteiger partial charge on any atom is -0.394 e. The van der Waals surface area contributed by atoms with E-state index >= 15 is 0 Å². The van der Waals surface area contributed by atoms with Crippen LogP contribution < -0.4 is 5.32 Å². The predicted molar refractivity (Wildman–Crippen MR) is 107 cm³/mol. The molecule has 0 radical (unpaired) electrons. The lowest BCUT2D eigenvalue weighted by atomic mass is 10.1. The van der Waals surface area contributed by atoms with Crippen molar-refractivity contribution in [1.82, 2.24) is 15.2 Å². The molecular weight excluding hydrogens is 362 g/mol. The van der Waals surface area contributed by atoms with E-state index in [2.05, 4.69) is 39.5 Å². The second-order valence-corrected chi connectivity index (χ2v) is 8.35. The van der Waals surface area contributed by atoms with Gasteiger partial charge >= 0.3 is 0 Å². The zero-order chi connectivity index (χ0) is 19.3. The monoisotopic (exact) mass is 389 g/mol. The van der Waals surface area contributed by atoms with Crippen LogP contribution in [0, 0.1) is 0 Å². The van der Waals surface area contributed by atoms with Crippen molar-refractivity contribution in [3.63, 3.8) is 0 Å². The Kier molecular flexibility index (Phi) is 6.59. The third-order valence-corrected chi connectivity index (χ3v) is 5.42. The first kappa shape index (κ1) is 19.9. The molecule has 1 aliphatic rings. The molecule has 0 unspecified atom stereocenters. The Morgan fingerprint density at radius 1 is 1.30 bits per heavy atom. The number of amides is 1. The standard InChI is InChI=1S/C20H27N3O3S/c1-20(2,14-24)22-18(25)11-17-13-27-19(21-17)16-5-3-15(4-6-16)12-23-7-9-26-10-8-23/h3-6,13,24H,7-12,14H2,1-2H3,(H,22,25). The van der Waals surface area contributed by atoms with Gasteiger partial charge < -0.3 is 15.2 Å². The highest BCUT2D eigenvalue weighted by atomic mass is 32.1. The molecule has 0 atom stereocenters. The third-order valence-electron chi connectivity index (χ3n) is 4.48. The van der Waals surface area contributed by atoms with Crippen molar-refractivity contribution < 1.29 is 14.6 Å². The van der Waals surface area contributed by atoms with E-state index in [0.29, 0.717) is 0 Å². The van der Waals surface area contributed by atoms with Crippen LogP contribution in [-0.2, 0) is 22.5 Å². The number of carbonyl (C=O) groups excluding carboxylic acids is 1. The minimum atomic E-state index is -0.619. The normalized spacial score (nSPS) is 15.7. The summed E-state index contributed by atoms with van der Waals surface area (Å²) in [5.41, 5.74) is 2.47. The van der Waals surface area contributed by atoms with Gasteiger partial charge in [0.2, 0.25) is 5.91 Å². The minimum absolute atomic E-state index is 0.0993. The van der Waals surface area contributed by atoms with Crippen molar-refractivity contribution in [2.45, 2.75) is 32.4 Å². The number of rotatable bonds is 7. The van der Waals surface area contributed by atoms with E-state index in [0.717, 1.165) is 49.1 Å². The Morgan fingerprint density at radius 2 is 2.00 bits per heavy atom. The summed E-state index contributed by atoms with van der Waals surface area (Å²) in [6.45, 7) is 7.99. The molecule has 0 saturated carbocycles. The average Bonchev–Trinajstić information content (AvgIpc) is 3.11. The fourth-order valence-corrected chi connectivity index (χ4v) is 3.74. The molecule has 1 aromatic carbocycles. The highest BCUT2D eigenvalue weighted by molar-refractivity contribution is 7.13. The largest absolute Gasteiger partial charge is 0.394 e. The SMILES string of the molecule is CC(C)(CO)NC(=O)Cc1csc(-c2ccc(CN3CCOCC3)cc2)n1. The quantitative estimate of drug-likeness (QED) is 0.758. The van der Waals surface area contributed by atoms with Crippen molar-refractivity contribution in [3.05, 3.63) is 40.9 Å². The molecular formula is C20H27N3O3S. The Bertz CT molecular complexity index is 752. The molecule has 1 amide bonds. The Hall–Kier alpha value is -1.80. The summed E-state index contributed by atoms with van der Waals surface area (Å²) < 4.78 is 5.39. The molecule has 2 heterocycles. The fourth-order valence-electron chi connectivity index (χ4n) is 2.92. The van der Waals surface area contributed by atoms with Crippen molar-refractivity contribution in [1.29, 1.82) is 0 Å². The maximum Gasteiger partial charge on any atom is 0.226 e. The molecule has 27 heavy (non-hydrogen) atoms. The number of aromatic nitrogens is 1. The first-order chi connectivity index (χ1) is 12.9. The van der Waals surface area contributed by atoms with Crippen LogP contribution in [0.2, 0.25) is 0 Å². The molecule has 1 fully saturated rings. The molecule has 1 saturated heterocycles. The fraction of sp³-hybridized carbons (Fsp3) is 0.500. The van der Waals surface area contributed by atoms with Gasteiger partial charge in [-0.15, -0.1) is 11.3 Å². The van der Waals surface area contributed by atoms with Crippen molar-refractivity contribution in [2.75, 3.05) is 32.9 Å². The molecule has 7 heteroatoms. The number of aliphatic hydroxyl groups is 1. The van der Waals surface area contributed by atoms with E-state index in [1.807, 2.05) is 5.38 Å². The molecule has 2 aromatic rings. The van der Waals surface area contributed by atoms with Gasteiger partial charge in [0.1, 0.15) is 5.01 Å². The molecule has 146 valence electrons. The lowest BCUT2D eigenvalue weighted by Gasteiger charge is -2.26.